The normalized spacial score (nSPS) is 19.8. The molecule has 1 rings (SSSR count). The van der Waals surface area contributed by atoms with Gasteiger partial charge in [-0.25, -0.2) is 0 Å². The van der Waals surface area contributed by atoms with Gasteiger partial charge in [0, 0.05) is 0 Å². The predicted octanol–water partition coefficient (Wildman–Crippen LogP) is 2.41. The number of hydrogen-bond acceptors (Lipinski definition) is 2. The second kappa shape index (κ2) is 2.65. The Balaban J connectivity index is 2.65. The zero-order valence-corrected chi connectivity index (χ0v) is 6.25. The molecule has 0 saturated carbocycles. The molecule has 0 aromatic heterocycles. The molecule has 0 aliphatic heterocycles. The number of hydrogen-bond donors (Lipinski definition) is 2. The van der Waals surface area contributed by atoms with Crippen molar-refractivity contribution >= 4 is 25.3 Å². The van der Waals surface area contributed by atoms with Crippen molar-refractivity contribution in [2.24, 2.45) is 0 Å². The minimum Gasteiger partial charge on any atom is -0.148 e. The third-order valence-corrected chi connectivity index (χ3v) is 1.85. The highest BCUT2D eigenvalue weighted by Gasteiger charge is 1.97. The summed E-state index contributed by atoms with van der Waals surface area (Å²) in [6.07, 6.45) is 6.10. The molecule has 1 aliphatic rings. The standard InChI is InChI=1S/C6H8S2/c7-5-1-2-6(8)4-3-5/h1-2,7-8H,3-4H2. The molecule has 0 nitrogen and oxygen atoms in total. The molecule has 0 unspecified atom stereocenters. The van der Waals surface area contributed by atoms with Crippen molar-refractivity contribution in [1.29, 1.82) is 0 Å². The third kappa shape index (κ3) is 1.60. The van der Waals surface area contributed by atoms with E-state index in [1.165, 1.54) is 0 Å². The molecule has 0 aromatic rings. The minimum absolute atomic E-state index is 1.05. The lowest BCUT2D eigenvalue weighted by molar-refractivity contribution is 1.01. The molecule has 2 heteroatoms. The lowest BCUT2D eigenvalue weighted by Crippen LogP contribution is -1.81. The van der Waals surface area contributed by atoms with E-state index in [1.54, 1.807) is 0 Å². The summed E-state index contributed by atoms with van der Waals surface area (Å²) in [4.78, 5) is 2.31. The fourth-order valence-electron chi connectivity index (χ4n) is 0.615. The largest absolute Gasteiger partial charge is 0.148 e. The second-order valence-corrected chi connectivity index (χ2v) is 2.96. The van der Waals surface area contributed by atoms with E-state index in [0.29, 0.717) is 0 Å². The third-order valence-electron chi connectivity index (χ3n) is 1.11. The maximum atomic E-state index is 4.18. The van der Waals surface area contributed by atoms with Crippen molar-refractivity contribution in [1.82, 2.24) is 0 Å². The van der Waals surface area contributed by atoms with Crippen LogP contribution in [-0.4, -0.2) is 0 Å². The van der Waals surface area contributed by atoms with Crippen LogP contribution in [0.4, 0.5) is 0 Å². The van der Waals surface area contributed by atoms with Crippen LogP contribution < -0.4 is 0 Å². The van der Waals surface area contributed by atoms with Crippen molar-refractivity contribution in [2.75, 3.05) is 0 Å². The van der Waals surface area contributed by atoms with Crippen LogP contribution >= 0.6 is 25.3 Å². The molecular formula is C6H8S2. The molecule has 44 valence electrons. The molecule has 0 N–H and O–H groups in total. The lowest BCUT2D eigenvalue weighted by Gasteiger charge is -2.04. The van der Waals surface area contributed by atoms with Crippen molar-refractivity contribution in [2.45, 2.75) is 12.8 Å². The van der Waals surface area contributed by atoms with Crippen LogP contribution in [0.3, 0.4) is 0 Å². The Hall–Kier alpha value is 0.180. The van der Waals surface area contributed by atoms with Gasteiger partial charge in [-0.1, -0.05) is 12.2 Å². The highest BCUT2D eigenvalue weighted by atomic mass is 32.1. The first-order valence-electron chi connectivity index (χ1n) is 2.57. The molecule has 8 heavy (non-hydrogen) atoms. The van der Waals surface area contributed by atoms with E-state index in [2.05, 4.69) is 25.3 Å². The van der Waals surface area contributed by atoms with Crippen molar-refractivity contribution in [3.8, 4) is 0 Å². The molecule has 0 fully saturated rings. The van der Waals surface area contributed by atoms with Gasteiger partial charge in [-0.3, -0.25) is 0 Å². The summed E-state index contributed by atoms with van der Waals surface area (Å²) in [5.74, 6) is 0. The Morgan fingerprint density at radius 2 is 1.38 bits per heavy atom. The van der Waals surface area contributed by atoms with Gasteiger partial charge in [0.05, 0.1) is 0 Å². The van der Waals surface area contributed by atoms with Crippen LogP contribution in [0.25, 0.3) is 0 Å². The van der Waals surface area contributed by atoms with Gasteiger partial charge in [0.15, 0.2) is 0 Å². The minimum atomic E-state index is 1.05. The van der Waals surface area contributed by atoms with E-state index in [9.17, 15) is 0 Å². The van der Waals surface area contributed by atoms with E-state index >= 15 is 0 Å². The predicted molar refractivity (Wildman–Crippen MR) is 43.4 cm³/mol. The number of allylic oxidation sites excluding steroid dienone is 4. The summed E-state index contributed by atoms with van der Waals surface area (Å²) in [7, 11) is 0. The monoisotopic (exact) mass is 144 g/mol. The first-order chi connectivity index (χ1) is 3.79. The summed E-state index contributed by atoms with van der Waals surface area (Å²) in [6, 6.07) is 0. The molecule has 0 aromatic carbocycles. The molecule has 0 spiro atoms. The van der Waals surface area contributed by atoms with Gasteiger partial charge in [-0.15, -0.1) is 25.3 Å². The Morgan fingerprint density at radius 1 is 1.00 bits per heavy atom. The first-order valence-corrected chi connectivity index (χ1v) is 3.46. The summed E-state index contributed by atoms with van der Waals surface area (Å²) in [5.41, 5.74) is 0. The van der Waals surface area contributed by atoms with E-state index in [1.807, 2.05) is 12.2 Å². The topological polar surface area (TPSA) is 0 Å². The summed E-state index contributed by atoms with van der Waals surface area (Å²) >= 11 is 8.37. The smallest absolute Gasteiger partial charge is 0.0176 e. The second-order valence-electron chi connectivity index (χ2n) is 1.82. The van der Waals surface area contributed by atoms with Gasteiger partial charge >= 0.3 is 0 Å². The van der Waals surface area contributed by atoms with Gasteiger partial charge < -0.3 is 0 Å². The van der Waals surface area contributed by atoms with Crippen molar-refractivity contribution in [3.63, 3.8) is 0 Å². The van der Waals surface area contributed by atoms with Gasteiger partial charge in [-0.2, -0.15) is 0 Å². The molecule has 0 radical (unpaired) electrons. The molecule has 0 bridgehead atoms. The van der Waals surface area contributed by atoms with E-state index in [0.717, 1.165) is 22.7 Å². The first kappa shape index (κ1) is 6.30. The zero-order chi connectivity index (χ0) is 5.98. The van der Waals surface area contributed by atoms with Crippen LogP contribution in [-0.2, 0) is 0 Å². The quantitative estimate of drug-likeness (QED) is 0.479. The lowest BCUT2D eigenvalue weighted by atomic mass is 10.2. The molecule has 0 amide bonds. The fourth-order valence-corrected chi connectivity index (χ4v) is 0.988. The maximum Gasteiger partial charge on any atom is -0.0176 e. The van der Waals surface area contributed by atoms with Gasteiger partial charge in [0.25, 0.3) is 0 Å². The van der Waals surface area contributed by atoms with E-state index in [4.69, 9.17) is 0 Å². The molecule has 0 saturated heterocycles. The SMILES string of the molecule is SC1=CC=C(S)CC1. The van der Waals surface area contributed by atoms with Gasteiger partial charge in [-0.05, 0) is 22.7 Å². The highest BCUT2D eigenvalue weighted by Crippen LogP contribution is 2.21. The summed E-state index contributed by atoms with van der Waals surface area (Å²) < 4.78 is 0. The molecule has 0 atom stereocenters. The number of thiol groups is 2. The van der Waals surface area contributed by atoms with Gasteiger partial charge in [0.2, 0.25) is 0 Å². The molecule has 1 aliphatic carbocycles. The van der Waals surface area contributed by atoms with Crippen molar-refractivity contribution in [3.05, 3.63) is 22.0 Å². The van der Waals surface area contributed by atoms with Crippen LogP contribution in [0.2, 0.25) is 0 Å². The molecule has 0 heterocycles. The van der Waals surface area contributed by atoms with Gasteiger partial charge in [0.1, 0.15) is 0 Å². The Bertz CT molecular complexity index is 127. The summed E-state index contributed by atoms with van der Waals surface area (Å²) in [5, 5.41) is 0. The van der Waals surface area contributed by atoms with Crippen LogP contribution in [0.15, 0.2) is 22.0 Å². The highest BCUT2D eigenvalue weighted by molar-refractivity contribution is 7.85. The van der Waals surface area contributed by atoms with Crippen molar-refractivity contribution < 1.29 is 0 Å². The number of rotatable bonds is 0. The average Bonchev–Trinajstić information content (AvgIpc) is 1.77. The zero-order valence-electron chi connectivity index (χ0n) is 4.46. The van der Waals surface area contributed by atoms with E-state index in [-0.39, 0.29) is 0 Å². The fraction of sp³-hybridized carbons (Fsp3) is 0.333. The Morgan fingerprint density at radius 3 is 1.62 bits per heavy atom. The summed E-state index contributed by atoms with van der Waals surface area (Å²) in [6.45, 7) is 0. The average molecular weight is 144 g/mol. The van der Waals surface area contributed by atoms with Crippen LogP contribution in [0.1, 0.15) is 12.8 Å². The Kier molecular flexibility index (Phi) is 2.08. The van der Waals surface area contributed by atoms with E-state index < -0.39 is 0 Å². The molecular weight excluding hydrogens is 136 g/mol. The maximum absolute atomic E-state index is 4.18. The van der Waals surface area contributed by atoms with Crippen LogP contribution in [0.5, 0.6) is 0 Å². The Labute approximate surface area is 60.5 Å². The van der Waals surface area contributed by atoms with Crippen LogP contribution in [0, 0.1) is 0 Å².